The number of rotatable bonds is 4. The first-order valence-electron chi connectivity index (χ1n) is 8.57. The zero-order valence-electron chi connectivity index (χ0n) is 14.5. The number of para-hydroxylation sites is 2. The van der Waals surface area contributed by atoms with E-state index in [1.807, 2.05) is 66.7 Å². The number of fused-ring (bicyclic) bond motifs is 1. The van der Waals surface area contributed by atoms with E-state index in [9.17, 15) is 9.90 Å². The highest BCUT2D eigenvalue weighted by molar-refractivity contribution is 5.95. The summed E-state index contributed by atoms with van der Waals surface area (Å²) in [7, 11) is 0. The van der Waals surface area contributed by atoms with Crippen LogP contribution in [0.2, 0.25) is 0 Å². The van der Waals surface area contributed by atoms with Crippen LogP contribution in [-0.4, -0.2) is 20.9 Å². The van der Waals surface area contributed by atoms with E-state index in [1.165, 1.54) is 6.21 Å². The Morgan fingerprint density at radius 1 is 0.963 bits per heavy atom. The summed E-state index contributed by atoms with van der Waals surface area (Å²) in [5.74, 6) is -0.0625. The SMILES string of the molecule is O=c1c(C=NCc2ccccn2)c(O)c2ccccc2n1-c1ccccc1. The van der Waals surface area contributed by atoms with Gasteiger partial charge in [-0.1, -0.05) is 36.4 Å². The molecule has 0 unspecified atom stereocenters. The fourth-order valence-electron chi connectivity index (χ4n) is 3.02. The Kier molecular flexibility index (Phi) is 4.49. The molecule has 0 saturated carbocycles. The molecule has 0 aliphatic carbocycles. The minimum atomic E-state index is -0.317. The molecule has 4 rings (SSSR count). The Morgan fingerprint density at radius 2 is 1.70 bits per heavy atom. The average molecular weight is 355 g/mol. The van der Waals surface area contributed by atoms with Gasteiger partial charge in [0, 0.05) is 23.5 Å². The van der Waals surface area contributed by atoms with Crippen molar-refractivity contribution in [3.8, 4) is 11.4 Å². The normalized spacial score (nSPS) is 11.3. The molecule has 0 aliphatic heterocycles. The van der Waals surface area contributed by atoms with Gasteiger partial charge in [-0.25, -0.2) is 0 Å². The lowest BCUT2D eigenvalue weighted by Gasteiger charge is -2.13. The fraction of sp³-hybridized carbons (Fsp3) is 0.0455. The zero-order chi connectivity index (χ0) is 18.6. The molecule has 0 radical (unpaired) electrons. The van der Waals surface area contributed by atoms with E-state index in [4.69, 9.17) is 0 Å². The second-order valence-corrected chi connectivity index (χ2v) is 6.05. The number of pyridine rings is 2. The quantitative estimate of drug-likeness (QED) is 0.568. The molecular weight excluding hydrogens is 338 g/mol. The van der Waals surface area contributed by atoms with E-state index in [0.717, 1.165) is 11.4 Å². The van der Waals surface area contributed by atoms with Gasteiger partial charge in [-0.3, -0.25) is 19.3 Å². The third-order valence-electron chi connectivity index (χ3n) is 4.30. The predicted octanol–water partition coefficient (Wildman–Crippen LogP) is 3.71. The Morgan fingerprint density at radius 3 is 2.48 bits per heavy atom. The number of hydrogen-bond donors (Lipinski definition) is 1. The van der Waals surface area contributed by atoms with Crippen molar-refractivity contribution in [3.63, 3.8) is 0 Å². The monoisotopic (exact) mass is 355 g/mol. The number of hydrogen-bond acceptors (Lipinski definition) is 4. The molecule has 0 amide bonds. The molecule has 0 bridgehead atoms. The Hall–Kier alpha value is -3.73. The highest BCUT2D eigenvalue weighted by Crippen LogP contribution is 2.27. The van der Waals surface area contributed by atoms with Crippen LogP contribution in [0.5, 0.6) is 5.75 Å². The van der Waals surface area contributed by atoms with E-state index in [1.54, 1.807) is 16.8 Å². The summed E-state index contributed by atoms with van der Waals surface area (Å²) in [6.07, 6.45) is 3.12. The predicted molar refractivity (Wildman–Crippen MR) is 107 cm³/mol. The molecule has 5 nitrogen and oxygen atoms in total. The van der Waals surface area contributed by atoms with Crippen LogP contribution in [0.25, 0.3) is 16.6 Å². The smallest absolute Gasteiger partial charge is 0.268 e. The lowest BCUT2D eigenvalue weighted by atomic mass is 10.1. The van der Waals surface area contributed by atoms with Crippen molar-refractivity contribution in [2.24, 2.45) is 4.99 Å². The molecule has 0 atom stereocenters. The highest BCUT2D eigenvalue weighted by atomic mass is 16.3. The summed E-state index contributed by atoms with van der Waals surface area (Å²) in [4.78, 5) is 21.7. The van der Waals surface area contributed by atoms with Gasteiger partial charge in [-0.05, 0) is 36.4 Å². The van der Waals surface area contributed by atoms with Gasteiger partial charge in [-0.2, -0.15) is 0 Å². The molecule has 5 heteroatoms. The van der Waals surface area contributed by atoms with Gasteiger partial charge in [0.1, 0.15) is 11.3 Å². The third kappa shape index (κ3) is 3.22. The summed E-state index contributed by atoms with van der Waals surface area (Å²) >= 11 is 0. The Balaban J connectivity index is 1.87. The van der Waals surface area contributed by atoms with Crippen LogP contribution in [0.15, 0.2) is 88.8 Å². The number of nitrogens with zero attached hydrogens (tertiary/aromatic N) is 3. The first kappa shape index (κ1) is 16.7. The fourth-order valence-corrected chi connectivity index (χ4v) is 3.02. The largest absolute Gasteiger partial charge is 0.506 e. The van der Waals surface area contributed by atoms with E-state index >= 15 is 0 Å². The summed E-state index contributed by atoms with van der Waals surface area (Å²) in [6, 6.07) is 22.2. The molecule has 132 valence electrons. The molecule has 0 saturated heterocycles. The van der Waals surface area contributed by atoms with Crippen molar-refractivity contribution in [2.75, 3.05) is 0 Å². The number of aromatic hydroxyl groups is 1. The number of aromatic nitrogens is 2. The molecule has 2 aromatic heterocycles. The lowest BCUT2D eigenvalue weighted by molar-refractivity contribution is 0.479. The zero-order valence-corrected chi connectivity index (χ0v) is 14.5. The second kappa shape index (κ2) is 7.25. The van der Waals surface area contributed by atoms with Gasteiger partial charge in [0.2, 0.25) is 0 Å². The summed E-state index contributed by atoms with van der Waals surface area (Å²) in [5, 5.41) is 11.3. The van der Waals surface area contributed by atoms with Crippen LogP contribution in [0.3, 0.4) is 0 Å². The summed E-state index contributed by atoms with van der Waals surface area (Å²) < 4.78 is 1.59. The minimum absolute atomic E-state index is 0.0625. The van der Waals surface area contributed by atoms with Crippen molar-refractivity contribution in [2.45, 2.75) is 6.54 Å². The molecule has 2 aromatic carbocycles. The van der Waals surface area contributed by atoms with Crippen LogP contribution in [0, 0.1) is 0 Å². The highest BCUT2D eigenvalue weighted by Gasteiger charge is 2.15. The average Bonchev–Trinajstić information content (AvgIpc) is 2.72. The molecule has 27 heavy (non-hydrogen) atoms. The summed E-state index contributed by atoms with van der Waals surface area (Å²) in [6.45, 7) is 0.331. The number of benzene rings is 2. The van der Waals surface area contributed by atoms with Gasteiger partial charge >= 0.3 is 0 Å². The first-order chi connectivity index (χ1) is 13.3. The maximum atomic E-state index is 13.1. The molecule has 2 heterocycles. The second-order valence-electron chi connectivity index (χ2n) is 6.05. The maximum absolute atomic E-state index is 13.1. The van der Waals surface area contributed by atoms with Crippen molar-refractivity contribution in [3.05, 3.63) is 101 Å². The Labute approximate surface area is 155 Å². The van der Waals surface area contributed by atoms with Crippen LogP contribution >= 0.6 is 0 Å². The molecule has 4 aromatic rings. The topological polar surface area (TPSA) is 67.5 Å². The van der Waals surface area contributed by atoms with Gasteiger partial charge in [0.15, 0.2) is 0 Å². The molecule has 0 spiro atoms. The van der Waals surface area contributed by atoms with E-state index in [-0.39, 0.29) is 16.9 Å². The lowest BCUT2D eigenvalue weighted by Crippen LogP contribution is -2.23. The summed E-state index contributed by atoms with van der Waals surface area (Å²) in [5.41, 5.74) is 2.01. The first-order valence-corrected chi connectivity index (χ1v) is 8.57. The van der Waals surface area contributed by atoms with Crippen LogP contribution in [0.1, 0.15) is 11.3 Å². The Bertz CT molecular complexity index is 1170. The molecule has 0 fully saturated rings. The van der Waals surface area contributed by atoms with Crippen LogP contribution in [0.4, 0.5) is 0 Å². The van der Waals surface area contributed by atoms with Crippen molar-refractivity contribution in [1.82, 2.24) is 9.55 Å². The van der Waals surface area contributed by atoms with Crippen molar-refractivity contribution >= 4 is 17.1 Å². The molecule has 0 aliphatic rings. The van der Waals surface area contributed by atoms with Gasteiger partial charge in [0.25, 0.3) is 5.56 Å². The molecule has 1 N–H and O–H groups in total. The van der Waals surface area contributed by atoms with Crippen molar-refractivity contribution in [1.29, 1.82) is 0 Å². The molecular formula is C22H17N3O2. The number of aliphatic imine (C=N–C) groups is 1. The van der Waals surface area contributed by atoms with E-state index in [0.29, 0.717) is 17.4 Å². The standard InChI is InChI=1S/C22H17N3O2/c26-21-18-11-4-5-12-20(18)25(17-9-2-1-3-10-17)22(27)19(21)15-23-14-16-8-6-7-13-24-16/h1-13,15,26H,14H2. The van der Waals surface area contributed by atoms with Crippen LogP contribution < -0.4 is 5.56 Å². The third-order valence-corrected chi connectivity index (χ3v) is 4.30. The van der Waals surface area contributed by atoms with E-state index in [2.05, 4.69) is 9.98 Å². The van der Waals surface area contributed by atoms with Gasteiger partial charge in [0.05, 0.1) is 17.8 Å². The minimum Gasteiger partial charge on any atom is -0.506 e. The van der Waals surface area contributed by atoms with Crippen molar-refractivity contribution < 1.29 is 5.11 Å². The maximum Gasteiger partial charge on any atom is 0.268 e. The van der Waals surface area contributed by atoms with Gasteiger partial charge < -0.3 is 5.11 Å². The van der Waals surface area contributed by atoms with Gasteiger partial charge in [-0.15, -0.1) is 0 Å². The van der Waals surface area contributed by atoms with Crippen LogP contribution in [-0.2, 0) is 6.54 Å². The van der Waals surface area contributed by atoms with E-state index < -0.39 is 0 Å².